The summed E-state index contributed by atoms with van der Waals surface area (Å²) in [5.74, 6) is 1.14. The molecule has 2 atom stereocenters. The van der Waals surface area contributed by atoms with Gasteiger partial charge < -0.3 is 19.3 Å². The number of rotatable bonds is 4. The summed E-state index contributed by atoms with van der Waals surface area (Å²) in [4.78, 5) is 21.5. The van der Waals surface area contributed by atoms with Gasteiger partial charge in [-0.15, -0.1) is 0 Å². The molecular formula is C23H25N3O3. The van der Waals surface area contributed by atoms with Gasteiger partial charge in [0.05, 0.1) is 23.5 Å². The number of oxazole rings is 1. The zero-order valence-electron chi connectivity index (χ0n) is 16.9. The molecule has 0 saturated heterocycles. The molecular weight excluding hydrogens is 366 g/mol. The number of anilines is 2. The predicted molar refractivity (Wildman–Crippen MR) is 113 cm³/mol. The highest BCUT2D eigenvalue weighted by atomic mass is 16.4. The number of fused-ring (bicyclic) bond motifs is 1. The minimum absolute atomic E-state index is 0.00728. The van der Waals surface area contributed by atoms with Crippen LogP contribution < -0.4 is 9.80 Å². The van der Waals surface area contributed by atoms with Crippen LogP contribution in [-0.2, 0) is 11.2 Å². The SMILES string of the molecule is Cc1oc(-c2ccccc2)nc1CC(=O)N1C[C@H](C)N(C(C)O)c2ccccc21. The summed E-state index contributed by atoms with van der Waals surface area (Å²) in [6, 6.07) is 17.3. The van der Waals surface area contributed by atoms with Crippen molar-refractivity contribution in [3.63, 3.8) is 0 Å². The van der Waals surface area contributed by atoms with Crippen molar-refractivity contribution in [2.45, 2.75) is 39.5 Å². The summed E-state index contributed by atoms with van der Waals surface area (Å²) in [7, 11) is 0. The summed E-state index contributed by atoms with van der Waals surface area (Å²) < 4.78 is 5.80. The zero-order valence-corrected chi connectivity index (χ0v) is 16.9. The normalized spacial score (nSPS) is 17.2. The van der Waals surface area contributed by atoms with Crippen molar-refractivity contribution in [1.82, 2.24) is 4.98 Å². The van der Waals surface area contributed by atoms with Crippen molar-refractivity contribution in [3.05, 3.63) is 66.1 Å². The van der Waals surface area contributed by atoms with Crippen LogP contribution >= 0.6 is 0 Å². The third-order valence-corrected chi connectivity index (χ3v) is 5.31. The van der Waals surface area contributed by atoms with Crippen LogP contribution in [0.3, 0.4) is 0 Å². The number of hydrogen-bond acceptors (Lipinski definition) is 5. The largest absolute Gasteiger partial charge is 0.441 e. The molecule has 3 aromatic rings. The van der Waals surface area contributed by atoms with Crippen LogP contribution in [-0.4, -0.2) is 34.8 Å². The van der Waals surface area contributed by atoms with Crippen LogP contribution in [0.2, 0.25) is 0 Å². The number of aliphatic hydroxyl groups is 1. The van der Waals surface area contributed by atoms with E-state index in [1.807, 2.05) is 73.3 Å². The number of benzene rings is 2. The quantitative estimate of drug-likeness (QED) is 0.733. The van der Waals surface area contributed by atoms with E-state index in [9.17, 15) is 9.90 Å². The Kier molecular flexibility index (Phi) is 5.11. The molecule has 1 aliphatic rings. The number of aromatic nitrogens is 1. The number of para-hydroxylation sites is 2. The first kappa shape index (κ1) is 19.2. The molecule has 6 heteroatoms. The van der Waals surface area contributed by atoms with Gasteiger partial charge in [0.25, 0.3) is 0 Å². The van der Waals surface area contributed by atoms with E-state index in [1.54, 1.807) is 11.8 Å². The Balaban J connectivity index is 1.61. The molecule has 0 aliphatic carbocycles. The third kappa shape index (κ3) is 3.63. The molecule has 1 aliphatic heterocycles. The minimum Gasteiger partial charge on any atom is -0.441 e. The third-order valence-electron chi connectivity index (χ3n) is 5.31. The first-order valence-electron chi connectivity index (χ1n) is 9.83. The number of carbonyl (C=O) groups excluding carboxylic acids is 1. The molecule has 1 unspecified atom stereocenters. The molecule has 0 fully saturated rings. The first-order chi connectivity index (χ1) is 14.0. The monoisotopic (exact) mass is 391 g/mol. The van der Waals surface area contributed by atoms with Crippen molar-refractivity contribution in [2.24, 2.45) is 0 Å². The molecule has 4 rings (SSSR count). The highest BCUT2D eigenvalue weighted by molar-refractivity contribution is 5.99. The number of aryl methyl sites for hydroxylation is 1. The lowest BCUT2D eigenvalue weighted by molar-refractivity contribution is -0.118. The Hall–Kier alpha value is -3.12. The second-order valence-corrected chi connectivity index (χ2v) is 7.45. The van der Waals surface area contributed by atoms with E-state index in [4.69, 9.17) is 4.42 Å². The summed E-state index contributed by atoms with van der Waals surface area (Å²) >= 11 is 0. The molecule has 150 valence electrons. The zero-order chi connectivity index (χ0) is 20.5. The van der Waals surface area contributed by atoms with Crippen molar-refractivity contribution < 1.29 is 14.3 Å². The standard InChI is InChI=1S/C23H25N3O3/c1-15-14-25(20-11-7-8-12-21(20)26(15)17(3)27)22(28)13-19-16(2)29-23(24-19)18-9-5-4-6-10-18/h4-12,15,17,27H,13-14H2,1-3H3/t15-,17?/m0/s1. The molecule has 0 radical (unpaired) electrons. The maximum Gasteiger partial charge on any atom is 0.233 e. The second-order valence-electron chi connectivity index (χ2n) is 7.45. The smallest absolute Gasteiger partial charge is 0.233 e. The van der Waals surface area contributed by atoms with Crippen LogP contribution in [0.4, 0.5) is 11.4 Å². The Morgan fingerprint density at radius 3 is 2.52 bits per heavy atom. The number of hydrogen-bond donors (Lipinski definition) is 1. The molecule has 29 heavy (non-hydrogen) atoms. The summed E-state index contributed by atoms with van der Waals surface area (Å²) in [6.07, 6.45) is -0.465. The second kappa shape index (κ2) is 7.72. The average molecular weight is 391 g/mol. The van der Waals surface area contributed by atoms with E-state index in [0.717, 1.165) is 16.9 Å². The predicted octanol–water partition coefficient (Wildman–Crippen LogP) is 3.77. The van der Waals surface area contributed by atoms with E-state index in [0.29, 0.717) is 23.9 Å². The Labute approximate surface area is 170 Å². The fraction of sp³-hybridized carbons (Fsp3) is 0.304. The lowest BCUT2D eigenvalue weighted by Gasteiger charge is -2.43. The van der Waals surface area contributed by atoms with Crippen molar-refractivity contribution >= 4 is 17.3 Å². The average Bonchev–Trinajstić information content (AvgIpc) is 3.08. The van der Waals surface area contributed by atoms with Crippen LogP contribution in [0, 0.1) is 6.92 Å². The number of carbonyl (C=O) groups is 1. The molecule has 1 N–H and O–H groups in total. The van der Waals surface area contributed by atoms with Crippen LogP contribution in [0.1, 0.15) is 25.3 Å². The molecule has 0 spiro atoms. The van der Waals surface area contributed by atoms with Gasteiger partial charge in [-0.1, -0.05) is 30.3 Å². The van der Waals surface area contributed by atoms with Gasteiger partial charge in [-0.25, -0.2) is 4.98 Å². The molecule has 1 amide bonds. The van der Waals surface area contributed by atoms with Crippen molar-refractivity contribution in [3.8, 4) is 11.5 Å². The van der Waals surface area contributed by atoms with E-state index >= 15 is 0 Å². The fourth-order valence-corrected chi connectivity index (χ4v) is 3.94. The van der Waals surface area contributed by atoms with Gasteiger partial charge in [-0.3, -0.25) is 4.79 Å². The van der Waals surface area contributed by atoms with E-state index in [-0.39, 0.29) is 18.4 Å². The Morgan fingerprint density at radius 2 is 1.83 bits per heavy atom. The lowest BCUT2D eigenvalue weighted by Crippen LogP contribution is -2.53. The molecule has 1 aromatic heterocycles. The van der Waals surface area contributed by atoms with Gasteiger partial charge >= 0.3 is 0 Å². The Bertz CT molecular complexity index is 1010. The van der Waals surface area contributed by atoms with Gasteiger partial charge in [0.1, 0.15) is 12.0 Å². The molecule has 0 saturated carbocycles. The van der Waals surface area contributed by atoms with Gasteiger partial charge in [0, 0.05) is 18.2 Å². The lowest BCUT2D eigenvalue weighted by atomic mass is 10.1. The highest BCUT2D eigenvalue weighted by Crippen LogP contribution is 2.36. The van der Waals surface area contributed by atoms with Crippen molar-refractivity contribution in [2.75, 3.05) is 16.3 Å². The summed E-state index contributed by atoms with van der Waals surface area (Å²) in [6.45, 7) is 6.10. The van der Waals surface area contributed by atoms with Crippen LogP contribution in [0.25, 0.3) is 11.5 Å². The van der Waals surface area contributed by atoms with E-state index < -0.39 is 6.23 Å². The Morgan fingerprint density at radius 1 is 1.17 bits per heavy atom. The van der Waals surface area contributed by atoms with Gasteiger partial charge in [0.15, 0.2) is 0 Å². The fourth-order valence-electron chi connectivity index (χ4n) is 3.94. The summed E-state index contributed by atoms with van der Waals surface area (Å²) in [5, 5.41) is 10.2. The van der Waals surface area contributed by atoms with Crippen LogP contribution in [0.5, 0.6) is 0 Å². The van der Waals surface area contributed by atoms with E-state index in [2.05, 4.69) is 4.98 Å². The number of aliphatic hydroxyl groups excluding tert-OH is 1. The summed E-state index contributed by atoms with van der Waals surface area (Å²) in [5.41, 5.74) is 3.20. The van der Waals surface area contributed by atoms with Gasteiger partial charge in [-0.05, 0) is 45.0 Å². The molecule has 6 nitrogen and oxygen atoms in total. The maximum absolute atomic E-state index is 13.2. The van der Waals surface area contributed by atoms with E-state index in [1.165, 1.54) is 0 Å². The molecule has 0 bridgehead atoms. The van der Waals surface area contributed by atoms with Crippen LogP contribution in [0.15, 0.2) is 59.0 Å². The van der Waals surface area contributed by atoms with Crippen molar-refractivity contribution in [1.29, 1.82) is 0 Å². The number of nitrogens with zero attached hydrogens (tertiary/aromatic N) is 3. The van der Waals surface area contributed by atoms with Gasteiger partial charge in [0.2, 0.25) is 11.8 Å². The highest BCUT2D eigenvalue weighted by Gasteiger charge is 2.33. The molecule has 2 heterocycles. The molecule has 2 aromatic carbocycles. The van der Waals surface area contributed by atoms with Gasteiger partial charge in [-0.2, -0.15) is 0 Å². The number of amides is 1. The minimum atomic E-state index is -0.630. The maximum atomic E-state index is 13.2. The first-order valence-corrected chi connectivity index (χ1v) is 9.83. The topological polar surface area (TPSA) is 69.8 Å².